The molecule has 1 N–H and O–H groups in total. The van der Waals surface area contributed by atoms with Crippen molar-refractivity contribution in [1.82, 2.24) is 25.1 Å². The molecule has 6 rings (SSSR count). The maximum Gasteiger partial charge on any atom is 0.317 e. The van der Waals surface area contributed by atoms with Crippen LogP contribution in [0, 0.1) is 5.92 Å². The van der Waals surface area contributed by atoms with E-state index < -0.39 is 0 Å². The molecule has 7 nitrogen and oxygen atoms in total. The van der Waals surface area contributed by atoms with Crippen LogP contribution in [0.4, 0.5) is 10.7 Å². The normalized spacial score (nSPS) is 30.1. The molecule has 0 radical (unpaired) electrons. The molecule has 0 spiro atoms. The van der Waals surface area contributed by atoms with Crippen LogP contribution in [-0.4, -0.2) is 76.6 Å². The molecule has 2 amide bonds. The lowest BCUT2D eigenvalue weighted by atomic mass is 9.79. The Labute approximate surface area is 190 Å². The zero-order chi connectivity index (χ0) is 22.1. The monoisotopic (exact) mass is 434 g/mol. The van der Waals surface area contributed by atoms with Crippen molar-refractivity contribution in [2.75, 3.05) is 44.2 Å². The molecule has 5 heterocycles. The summed E-state index contributed by atoms with van der Waals surface area (Å²) in [5.74, 6) is 1.32. The molecule has 32 heavy (non-hydrogen) atoms. The smallest absolute Gasteiger partial charge is 0.317 e. The summed E-state index contributed by atoms with van der Waals surface area (Å²) in [6.45, 7) is 9.95. The molecule has 7 heteroatoms. The number of piperazine rings is 1. The minimum absolute atomic E-state index is 0.0818. The Morgan fingerprint density at radius 3 is 2.59 bits per heavy atom. The highest BCUT2D eigenvalue weighted by Crippen LogP contribution is 2.35. The lowest BCUT2D eigenvalue weighted by Crippen LogP contribution is -2.61. The van der Waals surface area contributed by atoms with Crippen LogP contribution in [0.3, 0.4) is 0 Å². The number of urea groups is 1. The Hall–Kier alpha value is -2.67. The number of rotatable bonds is 3. The van der Waals surface area contributed by atoms with Crippen LogP contribution in [0.2, 0.25) is 0 Å². The van der Waals surface area contributed by atoms with E-state index in [-0.39, 0.29) is 17.6 Å². The minimum atomic E-state index is -0.101. The second-order valence-corrected chi connectivity index (χ2v) is 9.81. The van der Waals surface area contributed by atoms with E-state index in [0.717, 1.165) is 36.7 Å². The number of carbonyl (C=O) groups is 1. The molecule has 2 bridgehead atoms. The number of fused-ring (bicyclic) bond motifs is 4. The summed E-state index contributed by atoms with van der Waals surface area (Å²) in [7, 11) is 0. The van der Waals surface area contributed by atoms with E-state index in [1.807, 2.05) is 35.4 Å². The van der Waals surface area contributed by atoms with Gasteiger partial charge in [-0.2, -0.15) is 0 Å². The molecule has 170 valence electrons. The first-order valence-corrected chi connectivity index (χ1v) is 12.0. The van der Waals surface area contributed by atoms with Crippen molar-refractivity contribution in [3.63, 3.8) is 0 Å². The Kier molecular flexibility index (Phi) is 5.76. The molecule has 4 fully saturated rings. The first-order chi connectivity index (χ1) is 15.5. The molecule has 0 saturated carbocycles. The van der Waals surface area contributed by atoms with Gasteiger partial charge in [0.05, 0.1) is 5.69 Å². The van der Waals surface area contributed by atoms with Gasteiger partial charge < -0.3 is 20.0 Å². The Morgan fingerprint density at radius 1 is 1.06 bits per heavy atom. The number of aromatic nitrogens is 2. The second-order valence-electron chi connectivity index (χ2n) is 9.81. The maximum absolute atomic E-state index is 13.2. The van der Waals surface area contributed by atoms with Crippen LogP contribution in [-0.2, 0) is 0 Å². The van der Waals surface area contributed by atoms with Gasteiger partial charge in [0.2, 0.25) is 5.95 Å². The molecule has 4 saturated heterocycles. The molecule has 4 aliphatic heterocycles. The largest absolute Gasteiger partial charge is 0.335 e. The number of hydrogen-bond acceptors (Lipinski definition) is 5. The second kappa shape index (κ2) is 8.70. The lowest BCUT2D eigenvalue weighted by Gasteiger charge is -2.43. The number of nitrogens with one attached hydrogen (secondary N) is 1. The Bertz CT molecular complexity index is 944. The fraction of sp³-hybridized carbons (Fsp3) is 0.560. The predicted molar refractivity (Wildman–Crippen MR) is 127 cm³/mol. The van der Waals surface area contributed by atoms with Gasteiger partial charge >= 0.3 is 6.03 Å². The number of anilines is 1. The van der Waals surface area contributed by atoms with E-state index in [4.69, 9.17) is 4.98 Å². The molecular formula is C25H34N6O. The van der Waals surface area contributed by atoms with Crippen LogP contribution in [0.5, 0.6) is 0 Å². The number of nitrogens with zero attached hydrogens (tertiary/aromatic N) is 5. The van der Waals surface area contributed by atoms with Gasteiger partial charge in [-0.25, -0.2) is 14.8 Å². The molecule has 1 aromatic heterocycles. The van der Waals surface area contributed by atoms with Gasteiger partial charge in [-0.3, -0.25) is 0 Å². The van der Waals surface area contributed by atoms with Gasteiger partial charge in [0.15, 0.2) is 0 Å². The molecule has 2 unspecified atom stereocenters. The molecular weight excluding hydrogens is 400 g/mol. The standard InChI is InChI=1S/C25H34N6O/c1-19-18-30(24(32)28-25(2)11-15-29-13-9-21(25)10-14-29)16-17-31(19)23-26-12-8-22(27-23)20-6-4-3-5-7-20/h3-8,12,19,21H,9-11,13-18H2,1-2H3,(H,28,32). The van der Waals surface area contributed by atoms with Crippen molar-refractivity contribution in [3.05, 3.63) is 42.6 Å². The fourth-order valence-corrected chi connectivity index (χ4v) is 5.57. The van der Waals surface area contributed by atoms with E-state index in [2.05, 4.69) is 46.1 Å². The highest BCUT2D eigenvalue weighted by Gasteiger charge is 2.42. The van der Waals surface area contributed by atoms with Gasteiger partial charge in [-0.15, -0.1) is 0 Å². The highest BCUT2D eigenvalue weighted by atomic mass is 16.2. The van der Waals surface area contributed by atoms with Gasteiger partial charge in [0, 0.05) is 49.5 Å². The van der Waals surface area contributed by atoms with Crippen LogP contribution in [0.25, 0.3) is 11.3 Å². The van der Waals surface area contributed by atoms with E-state index in [9.17, 15) is 4.79 Å². The summed E-state index contributed by atoms with van der Waals surface area (Å²) >= 11 is 0. The average Bonchev–Trinajstić information content (AvgIpc) is 3.08. The number of benzene rings is 1. The zero-order valence-electron chi connectivity index (χ0n) is 19.2. The number of amides is 2. The lowest BCUT2D eigenvalue weighted by molar-refractivity contribution is 0.148. The Morgan fingerprint density at radius 2 is 1.84 bits per heavy atom. The Balaban J connectivity index is 1.24. The number of carbonyl (C=O) groups excluding carboxylic acids is 1. The van der Waals surface area contributed by atoms with E-state index >= 15 is 0 Å². The van der Waals surface area contributed by atoms with Crippen LogP contribution in [0.1, 0.15) is 33.1 Å². The molecule has 0 aliphatic carbocycles. The number of piperidine rings is 1. The maximum atomic E-state index is 13.2. The third-order valence-corrected chi connectivity index (χ3v) is 7.71. The predicted octanol–water partition coefficient (Wildman–Crippen LogP) is 3.24. The van der Waals surface area contributed by atoms with Gasteiger partial charge in [-0.1, -0.05) is 30.3 Å². The van der Waals surface area contributed by atoms with Crippen LogP contribution >= 0.6 is 0 Å². The van der Waals surface area contributed by atoms with Gasteiger partial charge in [-0.05, 0) is 58.2 Å². The first kappa shape index (κ1) is 21.2. The van der Waals surface area contributed by atoms with Crippen molar-refractivity contribution in [3.8, 4) is 11.3 Å². The molecule has 4 aliphatic rings. The summed E-state index contributed by atoms with van der Waals surface area (Å²) in [6.07, 6.45) is 5.25. The average molecular weight is 435 g/mol. The summed E-state index contributed by atoms with van der Waals surface area (Å²) in [5, 5.41) is 3.45. The highest BCUT2D eigenvalue weighted by molar-refractivity contribution is 5.75. The third kappa shape index (κ3) is 4.18. The topological polar surface area (TPSA) is 64.6 Å². The molecule has 2 aromatic rings. The first-order valence-electron chi connectivity index (χ1n) is 12.0. The summed E-state index contributed by atoms with van der Waals surface area (Å²) in [6, 6.07) is 12.4. The van der Waals surface area contributed by atoms with Crippen LogP contribution < -0.4 is 10.2 Å². The summed E-state index contributed by atoms with van der Waals surface area (Å²) < 4.78 is 0. The van der Waals surface area contributed by atoms with E-state index in [1.54, 1.807) is 0 Å². The van der Waals surface area contributed by atoms with Gasteiger partial charge in [0.1, 0.15) is 0 Å². The van der Waals surface area contributed by atoms with Crippen molar-refractivity contribution in [1.29, 1.82) is 0 Å². The van der Waals surface area contributed by atoms with Crippen molar-refractivity contribution < 1.29 is 4.79 Å². The van der Waals surface area contributed by atoms with Gasteiger partial charge in [0.25, 0.3) is 0 Å². The van der Waals surface area contributed by atoms with E-state index in [1.165, 1.54) is 25.9 Å². The van der Waals surface area contributed by atoms with Crippen molar-refractivity contribution in [2.45, 2.75) is 44.7 Å². The minimum Gasteiger partial charge on any atom is -0.335 e. The summed E-state index contributed by atoms with van der Waals surface area (Å²) in [5.41, 5.74) is 1.91. The fourth-order valence-electron chi connectivity index (χ4n) is 5.57. The van der Waals surface area contributed by atoms with Crippen molar-refractivity contribution >= 4 is 12.0 Å². The molecule has 1 aromatic carbocycles. The third-order valence-electron chi connectivity index (χ3n) is 7.71. The van der Waals surface area contributed by atoms with Crippen molar-refractivity contribution in [2.24, 2.45) is 5.92 Å². The number of hydrogen-bond donors (Lipinski definition) is 1. The zero-order valence-corrected chi connectivity index (χ0v) is 19.2. The van der Waals surface area contributed by atoms with E-state index in [0.29, 0.717) is 19.0 Å². The van der Waals surface area contributed by atoms with Crippen LogP contribution in [0.15, 0.2) is 42.6 Å². The quantitative estimate of drug-likeness (QED) is 0.804. The SMILES string of the molecule is CC1CN(C(=O)NC2(C)CCN3CCC2CC3)CCN1c1nccc(-c2ccccc2)n1. The molecule has 2 atom stereocenters. The summed E-state index contributed by atoms with van der Waals surface area (Å²) in [4.78, 5) is 29.3.